The Morgan fingerprint density at radius 1 is 0.947 bits per heavy atom. The third kappa shape index (κ3) is 5.84. The van der Waals surface area contributed by atoms with Gasteiger partial charge in [0.2, 0.25) is 0 Å². The summed E-state index contributed by atoms with van der Waals surface area (Å²) in [5, 5.41) is 4.08. The summed E-state index contributed by atoms with van der Waals surface area (Å²) < 4.78 is 43.4. The Morgan fingerprint density at radius 2 is 1.58 bits per heavy atom. The zero-order valence-electron chi connectivity index (χ0n) is 21.6. The van der Waals surface area contributed by atoms with Gasteiger partial charge in [-0.2, -0.15) is 5.10 Å². The normalized spacial score (nSPS) is 11.6. The predicted octanol–water partition coefficient (Wildman–Crippen LogP) is 5.20. The van der Waals surface area contributed by atoms with E-state index in [0.717, 1.165) is 38.1 Å². The fourth-order valence-electron chi connectivity index (χ4n) is 4.37. The van der Waals surface area contributed by atoms with Gasteiger partial charge in [-0.25, -0.2) is 18.2 Å². The summed E-state index contributed by atoms with van der Waals surface area (Å²) in [5.74, 6) is -0.905. The molecule has 0 aliphatic carbocycles. The third-order valence-corrected chi connectivity index (χ3v) is 7.85. The number of aryl methyl sites for hydroxylation is 3. The highest BCUT2D eigenvalue weighted by molar-refractivity contribution is 7.92. The van der Waals surface area contributed by atoms with Crippen LogP contribution in [0.2, 0.25) is 0 Å². The van der Waals surface area contributed by atoms with Crippen LogP contribution in [0, 0.1) is 33.5 Å². The van der Waals surface area contributed by atoms with E-state index in [0.29, 0.717) is 5.69 Å². The fraction of sp³-hybridized carbons (Fsp3) is 0.172. The topological polar surface area (TPSA) is 83.8 Å². The van der Waals surface area contributed by atoms with E-state index in [1.807, 2.05) is 44.4 Å². The smallest absolute Gasteiger partial charge is 0.264 e. The second-order valence-corrected chi connectivity index (χ2v) is 11.0. The number of amides is 1. The maximum Gasteiger partial charge on any atom is 0.264 e. The molecule has 4 aromatic rings. The van der Waals surface area contributed by atoms with E-state index in [4.69, 9.17) is 0 Å². The maximum atomic E-state index is 13.5. The quantitative estimate of drug-likeness (QED) is 0.250. The molecule has 1 heterocycles. The van der Waals surface area contributed by atoms with Gasteiger partial charge < -0.3 is 4.57 Å². The van der Waals surface area contributed by atoms with Crippen LogP contribution >= 0.6 is 0 Å². The molecule has 0 atom stereocenters. The lowest BCUT2D eigenvalue weighted by Gasteiger charge is -2.24. The van der Waals surface area contributed by atoms with Gasteiger partial charge in [-0.05, 0) is 93.4 Å². The number of nitrogens with zero attached hydrogens (tertiary/aromatic N) is 3. The lowest BCUT2D eigenvalue weighted by Crippen LogP contribution is -2.39. The SMILES string of the molecule is Cc1cc(C)cc(N(CC(=O)N/N=C\c2cc(C)n(-c3ccc(F)cc3)c2C)S(=O)(=O)c2ccccc2)c1. The third-order valence-electron chi connectivity index (χ3n) is 6.06. The van der Waals surface area contributed by atoms with Crippen molar-refractivity contribution in [3.05, 3.63) is 113 Å². The monoisotopic (exact) mass is 532 g/mol. The standard InChI is InChI=1S/C29H29FN4O3S/c1-20-14-21(2)16-27(15-20)33(38(36,37)28-8-6-5-7-9-28)19-29(35)32-31-18-24-17-22(3)34(23(24)4)26-12-10-25(30)11-13-26/h5-18H,19H2,1-4H3,(H,32,35)/b31-18-. The van der Waals surface area contributed by atoms with Crippen LogP contribution in [-0.2, 0) is 14.8 Å². The lowest BCUT2D eigenvalue weighted by atomic mass is 10.1. The first-order chi connectivity index (χ1) is 18.1. The Morgan fingerprint density at radius 3 is 2.21 bits per heavy atom. The minimum atomic E-state index is -4.01. The van der Waals surface area contributed by atoms with E-state index in [1.54, 1.807) is 42.5 Å². The van der Waals surface area contributed by atoms with Crippen LogP contribution in [0.4, 0.5) is 10.1 Å². The summed E-state index contributed by atoms with van der Waals surface area (Å²) >= 11 is 0. The van der Waals surface area contributed by atoms with Crippen LogP contribution in [0.15, 0.2) is 88.9 Å². The first-order valence-electron chi connectivity index (χ1n) is 12.0. The minimum Gasteiger partial charge on any atom is -0.318 e. The summed E-state index contributed by atoms with van der Waals surface area (Å²) in [6.45, 7) is 7.11. The van der Waals surface area contributed by atoms with Gasteiger partial charge >= 0.3 is 0 Å². The number of halogens is 1. The van der Waals surface area contributed by atoms with Crippen LogP contribution in [0.5, 0.6) is 0 Å². The Bertz CT molecular complexity index is 1570. The number of hydrogen-bond acceptors (Lipinski definition) is 4. The highest BCUT2D eigenvalue weighted by Gasteiger charge is 2.27. The molecule has 0 aliphatic heterocycles. The number of hydrogen-bond donors (Lipinski definition) is 1. The number of nitrogens with one attached hydrogen (secondary N) is 1. The first-order valence-corrected chi connectivity index (χ1v) is 13.4. The van der Waals surface area contributed by atoms with Crippen LogP contribution in [0.3, 0.4) is 0 Å². The Balaban J connectivity index is 1.56. The summed E-state index contributed by atoms with van der Waals surface area (Å²) in [6, 6.07) is 21.5. The van der Waals surface area contributed by atoms with Crippen molar-refractivity contribution in [2.75, 3.05) is 10.8 Å². The average molecular weight is 533 g/mol. The maximum absolute atomic E-state index is 13.5. The number of anilines is 1. The zero-order chi connectivity index (χ0) is 27.4. The van der Waals surface area contributed by atoms with E-state index in [2.05, 4.69) is 10.5 Å². The number of sulfonamides is 1. The van der Waals surface area contributed by atoms with Crippen LogP contribution in [-0.4, -0.2) is 31.7 Å². The number of carbonyl (C=O) groups excluding carboxylic acids is 1. The summed E-state index contributed by atoms with van der Waals surface area (Å²) in [6.07, 6.45) is 1.51. The molecule has 1 aromatic heterocycles. The molecule has 0 saturated heterocycles. The Hall–Kier alpha value is -4.24. The van der Waals surface area contributed by atoms with E-state index >= 15 is 0 Å². The number of aromatic nitrogens is 1. The zero-order valence-corrected chi connectivity index (χ0v) is 22.5. The molecule has 3 aromatic carbocycles. The van der Waals surface area contributed by atoms with E-state index < -0.39 is 22.5 Å². The van der Waals surface area contributed by atoms with Crippen molar-refractivity contribution >= 4 is 27.8 Å². The van der Waals surface area contributed by atoms with Crippen molar-refractivity contribution in [1.82, 2.24) is 9.99 Å². The Labute approximate surface area is 222 Å². The summed E-state index contributed by atoms with van der Waals surface area (Å²) in [7, 11) is -4.01. The van der Waals surface area contributed by atoms with Gasteiger partial charge in [0, 0.05) is 22.6 Å². The van der Waals surface area contributed by atoms with Crippen LogP contribution in [0.25, 0.3) is 5.69 Å². The van der Waals surface area contributed by atoms with Gasteiger partial charge in [-0.3, -0.25) is 9.10 Å². The van der Waals surface area contributed by atoms with Gasteiger partial charge in [0.1, 0.15) is 12.4 Å². The van der Waals surface area contributed by atoms with Crippen molar-refractivity contribution < 1.29 is 17.6 Å². The van der Waals surface area contributed by atoms with Crippen molar-refractivity contribution in [2.45, 2.75) is 32.6 Å². The molecule has 0 aliphatic rings. The molecule has 196 valence electrons. The molecule has 9 heteroatoms. The summed E-state index contributed by atoms with van der Waals surface area (Å²) in [5.41, 5.74) is 7.94. The number of carbonyl (C=O) groups is 1. The average Bonchev–Trinajstić information content (AvgIpc) is 3.15. The molecule has 7 nitrogen and oxygen atoms in total. The van der Waals surface area contributed by atoms with Gasteiger partial charge in [0.25, 0.3) is 15.9 Å². The first kappa shape index (κ1) is 26.8. The van der Waals surface area contributed by atoms with Gasteiger partial charge in [-0.15, -0.1) is 0 Å². The largest absolute Gasteiger partial charge is 0.318 e. The number of benzene rings is 3. The van der Waals surface area contributed by atoms with Crippen molar-refractivity contribution in [3.63, 3.8) is 0 Å². The highest BCUT2D eigenvalue weighted by atomic mass is 32.2. The second kappa shape index (κ2) is 11.0. The van der Waals surface area contributed by atoms with Crippen molar-refractivity contribution in [2.24, 2.45) is 5.10 Å². The molecular weight excluding hydrogens is 503 g/mol. The van der Waals surface area contributed by atoms with Crippen molar-refractivity contribution in [1.29, 1.82) is 0 Å². The van der Waals surface area contributed by atoms with Gasteiger partial charge in [0.15, 0.2) is 0 Å². The lowest BCUT2D eigenvalue weighted by molar-refractivity contribution is -0.119. The molecule has 0 fully saturated rings. The fourth-order valence-corrected chi connectivity index (χ4v) is 5.80. The molecular formula is C29H29FN4O3S. The van der Waals surface area contributed by atoms with Gasteiger partial charge in [-0.1, -0.05) is 24.3 Å². The molecule has 38 heavy (non-hydrogen) atoms. The van der Waals surface area contributed by atoms with E-state index in [1.165, 1.54) is 30.5 Å². The van der Waals surface area contributed by atoms with E-state index in [9.17, 15) is 17.6 Å². The minimum absolute atomic E-state index is 0.0868. The van der Waals surface area contributed by atoms with Crippen molar-refractivity contribution in [3.8, 4) is 5.69 Å². The predicted molar refractivity (Wildman–Crippen MR) is 148 cm³/mol. The molecule has 4 rings (SSSR count). The number of rotatable bonds is 8. The molecule has 0 saturated carbocycles. The summed E-state index contributed by atoms with van der Waals surface area (Å²) in [4.78, 5) is 13.0. The Kier molecular flexibility index (Phi) is 7.78. The molecule has 0 spiro atoms. The van der Waals surface area contributed by atoms with Crippen LogP contribution < -0.4 is 9.73 Å². The van der Waals surface area contributed by atoms with Gasteiger partial charge in [0.05, 0.1) is 16.8 Å². The molecule has 0 unspecified atom stereocenters. The van der Waals surface area contributed by atoms with Crippen LogP contribution in [0.1, 0.15) is 28.1 Å². The highest BCUT2D eigenvalue weighted by Crippen LogP contribution is 2.26. The molecule has 0 radical (unpaired) electrons. The van der Waals surface area contributed by atoms with E-state index in [-0.39, 0.29) is 10.7 Å². The molecule has 0 bridgehead atoms. The molecule has 1 N–H and O–H groups in total. The number of hydrazone groups is 1. The molecule has 1 amide bonds. The second-order valence-electron chi connectivity index (χ2n) is 9.10.